The fraction of sp³-hybridized carbons (Fsp3) is 0.0769. The van der Waals surface area contributed by atoms with Crippen molar-refractivity contribution in [3.63, 3.8) is 0 Å². The second-order valence-corrected chi connectivity index (χ2v) is 4.59. The number of aromatic nitrogens is 2. The van der Waals surface area contributed by atoms with Gasteiger partial charge in [0.2, 0.25) is 5.91 Å². The summed E-state index contributed by atoms with van der Waals surface area (Å²) in [6.45, 7) is -0.0554. The smallest absolute Gasteiger partial charge is 0.279 e. The number of hydrogen-bond acceptors (Lipinski definition) is 4. The summed E-state index contributed by atoms with van der Waals surface area (Å²) in [7, 11) is 0. The maximum Gasteiger partial charge on any atom is 0.279 e. The number of halogens is 1. The van der Waals surface area contributed by atoms with Crippen molar-refractivity contribution in [2.24, 2.45) is 0 Å². The minimum absolute atomic E-state index is 0.0554. The van der Waals surface area contributed by atoms with Crippen molar-refractivity contribution in [3.8, 4) is 0 Å². The average Bonchev–Trinajstić information content (AvgIpc) is 2.46. The molecule has 0 spiro atoms. The van der Waals surface area contributed by atoms with Crippen molar-refractivity contribution in [3.05, 3.63) is 47.2 Å². The Bertz CT molecular complexity index is 687. The molecule has 0 aliphatic carbocycles. The first kappa shape index (κ1) is 12.6. The highest BCUT2D eigenvalue weighted by Crippen LogP contribution is 2.29. The Balaban J connectivity index is 1.99. The van der Waals surface area contributed by atoms with E-state index in [2.05, 4.69) is 15.5 Å². The lowest BCUT2D eigenvalue weighted by Crippen LogP contribution is -2.42. The lowest BCUT2D eigenvalue weighted by Gasteiger charge is -2.28. The Labute approximate surface area is 119 Å². The number of nitrogens with one attached hydrogen (secondary N) is 1. The third kappa shape index (κ3) is 2.21. The summed E-state index contributed by atoms with van der Waals surface area (Å²) in [6.07, 6.45) is 0. The van der Waals surface area contributed by atoms with Crippen LogP contribution in [-0.4, -0.2) is 28.6 Å². The highest BCUT2D eigenvalue weighted by atomic mass is 35.5. The zero-order valence-corrected chi connectivity index (χ0v) is 11.0. The van der Waals surface area contributed by atoms with Crippen LogP contribution in [0.15, 0.2) is 36.4 Å². The van der Waals surface area contributed by atoms with Crippen LogP contribution in [0.25, 0.3) is 0 Å². The van der Waals surface area contributed by atoms with Gasteiger partial charge < -0.3 is 5.32 Å². The van der Waals surface area contributed by atoms with E-state index in [9.17, 15) is 9.59 Å². The highest BCUT2D eigenvalue weighted by Gasteiger charge is 2.28. The van der Waals surface area contributed by atoms with E-state index >= 15 is 0 Å². The number of rotatable bonds is 1. The molecule has 0 unspecified atom stereocenters. The molecule has 0 saturated carbocycles. The van der Waals surface area contributed by atoms with Gasteiger partial charge in [-0.1, -0.05) is 23.7 Å². The molecule has 2 aromatic rings. The average molecular weight is 289 g/mol. The zero-order valence-electron chi connectivity index (χ0n) is 10.2. The molecule has 1 aromatic heterocycles. The van der Waals surface area contributed by atoms with Gasteiger partial charge in [0.1, 0.15) is 6.54 Å². The van der Waals surface area contributed by atoms with Crippen molar-refractivity contribution in [1.29, 1.82) is 0 Å². The molecule has 1 aliphatic heterocycles. The third-order valence-corrected chi connectivity index (χ3v) is 3.07. The summed E-state index contributed by atoms with van der Waals surface area (Å²) in [5.74, 6) is -0.643. The van der Waals surface area contributed by atoms with E-state index in [0.29, 0.717) is 11.4 Å². The topological polar surface area (TPSA) is 75.2 Å². The lowest BCUT2D eigenvalue weighted by atomic mass is 10.2. The standard InChI is InChI=1S/C13H9ClN4O2/c14-11-6-5-9(16-17-11)13(20)18-7-12(19)15-8-3-1-2-4-10(8)18/h1-6H,7H2,(H,15,19). The number of amides is 2. The minimum atomic E-state index is -0.392. The molecule has 0 atom stereocenters. The Morgan fingerprint density at radius 1 is 1.20 bits per heavy atom. The van der Waals surface area contributed by atoms with E-state index < -0.39 is 5.91 Å². The van der Waals surface area contributed by atoms with Crippen LogP contribution >= 0.6 is 11.6 Å². The number of carbonyl (C=O) groups is 2. The Hall–Kier alpha value is -2.47. The summed E-state index contributed by atoms with van der Waals surface area (Å²) < 4.78 is 0. The molecule has 100 valence electrons. The van der Waals surface area contributed by atoms with Crippen LogP contribution in [0.3, 0.4) is 0 Å². The van der Waals surface area contributed by atoms with Crippen molar-refractivity contribution < 1.29 is 9.59 Å². The van der Waals surface area contributed by atoms with Crippen LogP contribution in [0, 0.1) is 0 Å². The summed E-state index contributed by atoms with van der Waals surface area (Å²) in [5.41, 5.74) is 1.37. The summed E-state index contributed by atoms with van der Waals surface area (Å²) in [4.78, 5) is 25.5. The molecule has 0 radical (unpaired) electrons. The second-order valence-electron chi connectivity index (χ2n) is 4.20. The number of nitrogens with zero attached hydrogens (tertiary/aromatic N) is 3. The molecule has 3 rings (SSSR count). The van der Waals surface area contributed by atoms with Crippen LogP contribution in [0.5, 0.6) is 0 Å². The van der Waals surface area contributed by atoms with Crippen LogP contribution < -0.4 is 10.2 Å². The van der Waals surface area contributed by atoms with Gasteiger partial charge in [-0.15, -0.1) is 10.2 Å². The summed E-state index contributed by atoms with van der Waals surface area (Å²) in [6, 6.07) is 10.0. The van der Waals surface area contributed by atoms with Crippen LogP contribution in [0.4, 0.5) is 11.4 Å². The van der Waals surface area contributed by atoms with E-state index in [1.165, 1.54) is 17.0 Å². The predicted molar refractivity (Wildman–Crippen MR) is 73.8 cm³/mol. The summed E-state index contributed by atoms with van der Waals surface area (Å²) in [5, 5.41) is 10.3. The van der Waals surface area contributed by atoms with Crippen LogP contribution in [0.1, 0.15) is 10.5 Å². The normalized spacial score (nSPS) is 13.7. The SMILES string of the molecule is O=C1CN(C(=O)c2ccc(Cl)nn2)c2ccccc2N1. The van der Waals surface area contributed by atoms with Gasteiger partial charge in [-0.05, 0) is 24.3 Å². The van der Waals surface area contributed by atoms with Crippen molar-refractivity contribution >= 4 is 34.8 Å². The van der Waals surface area contributed by atoms with Crippen LogP contribution in [-0.2, 0) is 4.79 Å². The molecule has 1 N–H and O–H groups in total. The van der Waals surface area contributed by atoms with Crippen molar-refractivity contribution in [2.45, 2.75) is 0 Å². The van der Waals surface area contributed by atoms with Gasteiger partial charge in [0.25, 0.3) is 5.91 Å². The lowest BCUT2D eigenvalue weighted by molar-refractivity contribution is -0.115. The molecule has 0 saturated heterocycles. The van der Waals surface area contributed by atoms with Gasteiger partial charge in [-0.25, -0.2) is 0 Å². The fourth-order valence-electron chi connectivity index (χ4n) is 1.98. The molecule has 0 fully saturated rings. The monoisotopic (exact) mass is 288 g/mol. The number of carbonyl (C=O) groups excluding carboxylic acids is 2. The quantitative estimate of drug-likeness (QED) is 0.867. The van der Waals surface area contributed by atoms with Gasteiger partial charge in [-0.2, -0.15) is 0 Å². The first-order valence-electron chi connectivity index (χ1n) is 5.85. The van der Waals surface area contributed by atoms with Gasteiger partial charge in [0.05, 0.1) is 11.4 Å². The number of fused-ring (bicyclic) bond motifs is 1. The Kier molecular flexibility index (Phi) is 3.08. The maximum absolute atomic E-state index is 12.4. The van der Waals surface area contributed by atoms with E-state index in [1.54, 1.807) is 24.3 Å². The molecule has 2 heterocycles. The number of benzene rings is 1. The Morgan fingerprint density at radius 2 is 2.00 bits per heavy atom. The number of anilines is 2. The van der Waals surface area contributed by atoms with Gasteiger partial charge >= 0.3 is 0 Å². The largest absolute Gasteiger partial charge is 0.323 e. The molecule has 20 heavy (non-hydrogen) atoms. The van der Waals surface area contributed by atoms with Crippen molar-refractivity contribution in [2.75, 3.05) is 16.8 Å². The number of hydrogen-bond donors (Lipinski definition) is 1. The minimum Gasteiger partial charge on any atom is -0.323 e. The predicted octanol–water partition coefficient (Wildman–Crippen LogP) is 1.73. The van der Waals surface area contributed by atoms with Gasteiger partial charge in [0.15, 0.2) is 10.8 Å². The fourth-order valence-corrected chi connectivity index (χ4v) is 2.08. The van der Waals surface area contributed by atoms with E-state index in [-0.39, 0.29) is 23.3 Å². The van der Waals surface area contributed by atoms with Gasteiger partial charge in [0, 0.05) is 0 Å². The zero-order chi connectivity index (χ0) is 14.1. The first-order chi connectivity index (χ1) is 9.65. The molecule has 1 aliphatic rings. The highest BCUT2D eigenvalue weighted by molar-refractivity contribution is 6.29. The molecule has 0 bridgehead atoms. The molecule has 6 nitrogen and oxygen atoms in total. The molecular weight excluding hydrogens is 280 g/mol. The first-order valence-corrected chi connectivity index (χ1v) is 6.23. The van der Waals surface area contributed by atoms with Crippen molar-refractivity contribution in [1.82, 2.24) is 10.2 Å². The molecule has 2 amide bonds. The second kappa shape index (κ2) is 4.90. The van der Waals surface area contributed by atoms with Crippen LogP contribution in [0.2, 0.25) is 5.15 Å². The van der Waals surface area contributed by atoms with E-state index in [1.807, 2.05) is 0 Å². The Morgan fingerprint density at radius 3 is 2.75 bits per heavy atom. The molecular formula is C13H9ClN4O2. The van der Waals surface area contributed by atoms with Gasteiger partial charge in [-0.3, -0.25) is 14.5 Å². The van der Waals surface area contributed by atoms with E-state index in [4.69, 9.17) is 11.6 Å². The summed E-state index contributed by atoms with van der Waals surface area (Å²) >= 11 is 5.64. The van der Waals surface area contributed by atoms with E-state index in [0.717, 1.165) is 0 Å². The maximum atomic E-state index is 12.4. The molecule has 7 heteroatoms. The third-order valence-electron chi connectivity index (χ3n) is 2.87. The molecule has 1 aromatic carbocycles. The number of para-hydroxylation sites is 2.